The molecule has 1 amide bonds. The predicted molar refractivity (Wildman–Crippen MR) is 78.9 cm³/mol. The van der Waals surface area contributed by atoms with Crippen LogP contribution in [0, 0.1) is 0 Å². The molecule has 0 bridgehead atoms. The van der Waals surface area contributed by atoms with Crippen LogP contribution in [0.25, 0.3) is 0 Å². The number of likely N-dealkylation sites (N-methyl/N-ethyl adjacent to an activating group) is 1. The van der Waals surface area contributed by atoms with Crippen LogP contribution in [0.2, 0.25) is 0 Å². The fourth-order valence-electron chi connectivity index (χ4n) is 2.41. The van der Waals surface area contributed by atoms with Crippen molar-refractivity contribution in [3.63, 3.8) is 0 Å². The number of carbonyl (C=O) groups excluding carboxylic acids is 1. The molecule has 0 aromatic heterocycles. The van der Waals surface area contributed by atoms with E-state index in [1.165, 1.54) is 11.3 Å². The van der Waals surface area contributed by atoms with Crippen LogP contribution in [-0.4, -0.2) is 51.6 Å². The Kier molecular flexibility index (Phi) is 4.43. The SMILES string of the molecule is CN(C)CCCNC(=O)c1ccc2c(c1)CCN2C. The quantitative estimate of drug-likeness (QED) is 0.813. The molecule has 4 heteroatoms. The Morgan fingerprint density at radius 1 is 1.42 bits per heavy atom. The molecular formula is C15H23N3O. The molecule has 1 heterocycles. The number of hydrogen-bond acceptors (Lipinski definition) is 3. The highest BCUT2D eigenvalue weighted by Crippen LogP contribution is 2.27. The molecule has 0 atom stereocenters. The maximum atomic E-state index is 12.0. The number of hydrogen-bond donors (Lipinski definition) is 1. The minimum Gasteiger partial charge on any atom is -0.374 e. The van der Waals surface area contributed by atoms with Crippen molar-refractivity contribution in [1.82, 2.24) is 10.2 Å². The average Bonchev–Trinajstić information content (AvgIpc) is 2.75. The zero-order valence-corrected chi connectivity index (χ0v) is 12.1. The minimum absolute atomic E-state index is 0.0381. The first-order valence-corrected chi connectivity index (χ1v) is 6.85. The van der Waals surface area contributed by atoms with Crippen LogP contribution in [0.4, 0.5) is 5.69 Å². The molecule has 1 aliphatic rings. The molecule has 0 radical (unpaired) electrons. The predicted octanol–water partition coefficient (Wildman–Crippen LogP) is 1.36. The van der Waals surface area contributed by atoms with Crippen molar-refractivity contribution in [3.8, 4) is 0 Å². The lowest BCUT2D eigenvalue weighted by Crippen LogP contribution is -2.27. The number of amides is 1. The summed E-state index contributed by atoms with van der Waals surface area (Å²) in [7, 11) is 6.17. The molecule has 1 aromatic rings. The van der Waals surface area contributed by atoms with E-state index >= 15 is 0 Å². The first kappa shape index (κ1) is 13.9. The molecule has 0 saturated heterocycles. The van der Waals surface area contributed by atoms with Crippen LogP contribution >= 0.6 is 0 Å². The van der Waals surface area contributed by atoms with Gasteiger partial charge < -0.3 is 15.1 Å². The van der Waals surface area contributed by atoms with Gasteiger partial charge in [0.2, 0.25) is 0 Å². The molecule has 4 nitrogen and oxygen atoms in total. The van der Waals surface area contributed by atoms with Gasteiger partial charge in [0.1, 0.15) is 0 Å². The Morgan fingerprint density at radius 3 is 2.95 bits per heavy atom. The summed E-state index contributed by atoms with van der Waals surface area (Å²) in [6.45, 7) is 2.77. The third-order valence-electron chi connectivity index (χ3n) is 3.54. The van der Waals surface area contributed by atoms with Crippen molar-refractivity contribution >= 4 is 11.6 Å². The number of rotatable bonds is 5. The Hall–Kier alpha value is -1.55. The lowest BCUT2D eigenvalue weighted by atomic mass is 10.1. The average molecular weight is 261 g/mol. The Bertz CT molecular complexity index is 457. The van der Waals surface area contributed by atoms with Crippen molar-refractivity contribution in [3.05, 3.63) is 29.3 Å². The van der Waals surface area contributed by atoms with E-state index in [-0.39, 0.29) is 5.91 Å². The van der Waals surface area contributed by atoms with E-state index in [9.17, 15) is 4.79 Å². The van der Waals surface area contributed by atoms with Gasteiger partial charge in [-0.25, -0.2) is 0 Å². The van der Waals surface area contributed by atoms with Gasteiger partial charge in [-0.15, -0.1) is 0 Å². The number of fused-ring (bicyclic) bond motifs is 1. The van der Waals surface area contributed by atoms with Crippen LogP contribution in [-0.2, 0) is 6.42 Å². The molecule has 19 heavy (non-hydrogen) atoms. The van der Waals surface area contributed by atoms with Gasteiger partial charge in [0.05, 0.1) is 0 Å². The van der Waals surface area contributed by atoms with Crippen LogP contribution in [0.5, 0.6) is 0 Å². The van der Waals surface area contributed by atoms with Crippen LogP contribution in [0.3, 0.4) is 0 Å². The van der Waals surface area contributed by atoms with Gasteiger partial charge >= 0.3 is 0 Å². The van der Waals surface area contributed by atoms with Crippen LogP contribution < -0.4 is 10.2 Å². The first-order valence-electron chi connectivity index (χ1n) is 6.85. The van der Waals surface area contributed by atoms with Gasteiger partial charge in [0.25, 0.3) is 5.91 Å². The van der Waals surface area contributed by atoms with E-state index in [1.807, 2.05) is 26.2 Å². The Morgan fingerprint density at radius 2 is 2.21 bits per heavy atom. The fraction of sp³-hybridized carbons (Fsp3) is 0.533. The second-order valence-electron chi connectivity index (χ2n) is 5.43. The van der Waals surface area contributed by atoms with Gasteiger partial charge in [-0.3, -0.25) is 4.79 Å². The zero-order valence-electron chi connectivity index (χ0n) is 12.1. The summed E-state index contributed by atoms with van der Waals surface area (Å²) < 4.78 is 0. The molecule has 2 rings (SSSR count). The maximum absolute atomic E-state index is 12.0. The number of anilines is 1. The highest BCUT2D eigenvalue weighted by molar-refractivity contribution is 5.95. The molecule has 0 spiro atoms. The van der Waals surface area contributed by atoms with Crippen molar-refractivity contribution in [2.45, 2.75) is 12.8 Å². The van der Waals surface area contributed by atoms with E-state index in [4.69, 9.17) is 0 Å². The molecule has 1 aromatic carbocycles. The van der Waals surface area contributed by atoms with E-state index < -0.39 is 0 Å². The Balaban J connectivity index is 1.90. The van der Waals surface area contributed by atoms with Crippen LogP contribution in [0.15, 0.2) is 18.2 Å². The third-order valence-corrected chi connectivity index (χ3v) is 3.54. The van der Waals surface area contributed by atoms with E-state index in [0.717, 1.165) is 38.0 Å². The summed E-state index contributed by atoms with van der Waals surface area (Å²) in [4.78, 5) is 16.4. The summed E-state index contributed by atoms with van der Waals surface area (Å²) in [5.41, 5.74) is 3.31. The molecule has 0 aliphatic carbocycles. The molecule has 0 fully saturated rings. The summed E-state index contributed by atoms with van der Waals surface area (Å²) in [6, 6.07) is 6.00. The zero-order chi connectivity index (χ0) is 13.8. The first-order chi connectivity index (χ1) is 9.08. The smallest absolute Gasteiger partial charge is 0.251 e. The lowest BCUT2D eigenvalue weighted by Gasteiger charge is -2.12. The van der Waals surface area contributed by atoms with E-state index in [2.05, 4.69) is 28.2 Å². The van der Waals surface area contributed by atoms with Gasteiger partial charge in [-0.2, -0.15) is 0 Å². The molecule has 1 N–H and O–H groups in total. The fourth-order valence-corrected chi connectivity index (χ4v) is 2.41. The second kappa shape index (κ2) is 6.06. The van der Waals surface area contributed by atoms with Gasteiger partial charge in [-0.05, 0) is 57.2 Å². The Labute approximate surface area is 115 Å². The van der Waals surface area contributed by atoms with Crippen molar-refractivity contribution in [1.29, 1.82) is 0 Å². The summed E-state index contributed by atoms with van der Waals surface area (Å²) in [6.07, 6.45) is 2.01. The molecule has 1 aliphatic heterocycles. The lowest BCUT2D eigenvalue weighted by molar-refractivity contribution is 0.0952. The van der Waals surface area contributed by atoms with Crippen molar-refractivity contribution in [2.75, 3.05) is 45.7 Å². The summed E-state index contributed by atoms with van der Waals surface area (Å²) in [5, 5.41) is 2.98. The largest absolute Gasteiger partial charge is 0.374 e. The highest BCUT2D eigenvalue weighted by Gasteiger charge is 2.17. The third kappa shape index (κ3) is 3.47. The van der Waals surface area contributed by atoms with Crippen molar-refractivity contribution < 1.29 is 4.79 Å². The molecular weight excluding hydrogens is 238 g/mol. The van der Waals surface area contributed by atoms with Crippen molar-refractivity contribution in [2.24, 2.45) is 0 Å². The minimum atomic E-state index is 0.0381. The topological polar surface area (TPSA) is 35.6 Å². The number of nitrogens with one attached hydrogen (secondary N) is 1. The van der Waals surface area contributed by atoms with Gasteiger partial charge in [-0.1, -0.05) is 0 Å². The summed E-state index contributed by atoms with van der Waals surface area (Å²) >= 11 is 0. The number of carbonyl (C=O) groups is 1. The van der Waals surface area contributed by atoms with Gasteiger partial charge in [0, 0.05) is 31.4 Å². The molecule has 104 valence electrons. The summed E-state index contributed by atoms with van der Waals surface area (Å²) in [5.74, 6) is 0.0381. The number of nitrogens with zero attached hydrogens (tertiary/aromatic N) is 2. The monoisotopic (exact) mass is 261 g/mol. The normalized spacial score (nSPS) is 13.8. The maximum Gasteiger partial charge on any atom is 0.251 e. The van der Waals surface area contributed by atoms with E-state index in [1.54, 1.807) is 0 Å². The molecule has 0 saturated carbocycles. The highest BCUT2D eigenvalue weighted by atomic mass is 16.1. The molecule has 0 unspecified atom stereocenters. The van der Waals surface area contributed by atoms with Gasteiger partial charge in [0.15, 0.2) is 0 Å². The number of benzene rings is 1. The standard InChI is InChI=1S/C15H23N3O/c1-17(2)9-4-8-16-15(19)13-5-6-14-12(11-13)7-10-18(14)3/h5-6,11H,4,7-10H2,1-3H3,(H,16,19). The van der Waals surface area contributed by atoms with Crippen LogP contribution in [0.1, 0.15) is 22.3 Å². The van der Waals surface area contributed by atoms with E-state index in [0.29, 0.717) is 0 Å². The second-order valence-corrected chi connectivity index (χ2v) is 5.43.